The molecule has 0 radical (unpaired) electrons. The number of carboxylic acids is 1. The molecule has 148 valence electrons. The third-order valence-electron chi connectivity index (χ3n) is 4.62. The van der Waals surface area contributed by atoms with Crippen LogP contribution in [0.4, 0.5) is 5.00 Å². The van der Waals surface area contributed by atoms with Crippen LogP contribution in [0.15, 0.2) is 18.2 Å². The zero-order valence-corrected chi connectivity index (χ0v) is 16.0. The molecule has 3 amide bonds. The van der Waals surface area contributed by atoms with Gasteiger partial charge in [-0.05, 0) is 17.7 Å². The topological polar surface area (TPSA) is 130 Å². The molecular weight excluding hydrogens is 424 g/mol. The van der Waals surface area contributed by atoms with Crippen molar-refractivity contribution in [1.82, 2.24) is 4.90 Å². The zero-order chi connectivity index (χ0) is 20.9. The van der Waals surface area contributed by atoms with E-state index in [-0.39, 0.29) is 46.0 Å². The first-order valence-corrected chi connectivity index (χ1v) is 9.45. The lowest BCUT2D eigenvalue weighted by atomic mass is 10.0. The standard InChI is InChI=1S/C18H11ClN2O7S/c19-9-3-1-2-7-13(9)17(25)21(16(7)24)12-4-8-10(6-28-12)29-15(14(8)18(26)27)20-11(23)5-22/h1-3,5,12H,4,6H2,(H,20,23)(H,26,27). The molecule has 0 saturated carbocycles. The Hall–Kier alpha value is -3.08. The molecular formula is C18H11ClN2O7S. The normalized spacial score (nSPS) is 17.7. The van der Waals surface area contributed by atoms with Crippen LogP contribution >= 0.6 is 22.9 Å². The van der Waals surface area contributed by atoms with Crippen molar-refractivity contribution in [3.63, 3.8) is 0 Å². The summed E-state index contributed by atoms with van der Waals surface area (Å²) in [5, 5.41) is 12.0. The van der Waals surface area contributed by atoms with Gasteiger partial charge in [-0.3, -0.25) is 19.2 Å². The number of hydrogen-bond acceptors (Lipinski definition) is 7. The summed E-state index contributed by atoms with van der Waals surface area (Å²) in [6, 6.07) is 4.54. The first kappa shape index (κ1) is 19.2. The first-order chi connectivity index (χ1) is 13.8. The van der Waals surface area contributed by atoms with E-state index in [9.17, 15) is 29.1 Å². The number of benzene rings is 1. The number of carboxylic acid groups (broad SMARTS) is 1. The van der Waals surface area contributed by atoms with Crippen LogP contribution in [-0.4, -0.2) is 46.2 Å². The monoisotopic (exact) mass is 434 g/mol. The molecule has 1 aromatic carbocycles. The van der Waals surface area contributed by atoms with Crippen molar-refractivity contribution in [3.05, 3.63) is 50.4 Å². The summed E-state index contributed by atoms with van der Waals surface area (Å²) in [5.74, 6) is -3.50. The van der Waals surface area contributed by atoms with Crippen molar-refractivity contribution >= 4 is 57.9 Å². The van der Waals surface area contributed by atoms with Crippen molar-refractivity contribution in [2.75, 3.05) is 5.32 Å². The lowest BCUT2D eigenvalue weighted by molar-refractivity contribution is -0.127. The summed E-state index contributed by atoms with van der Waals surface area (Å²) < 4.78 is 5.66. The number of rotatable bonds is 4. The van der Waals surface area contributed by atoms with Gasteiger partial charge in [0, 0.05) is 11.3 Å². The Balaban J connectivity index is 1.69. The Morgan fingerprint density at radius 2 is 2.07 bits per heavy atom. The lowest BCUT2D eigenvalue weighted by Gasteiger charge is -2.29. The highest BCUT2D eigenvalue weighted by Crippen LogP contribution is 2.40. The fourth-order valence-electron chi connectivity index (χ4n) is 3.40. The molecule has 11 heteroatoms. The Morgan fingerprint density at radius 3 is 2.72 bits per heavy atom. The summed E-state index contributed by atoms with van der Waals surface area (Å²) in [5.41, 5.74) is 0.377. The largest absolute Gasteiger partial charge is 0.478 e. The average Bonchev–Trinajstić information content (AvgIpc) is 3.16. The minimum atomic E-state index is -1.31. The quantitative estimate of drug-likeness (QED) is 0.427. The second-order valence-electron chi connectivity index (χ2n) is 6.23. The summed E-state index contributed by atoms with van der Waals surface area (Å²) in [4.78, 5) is 60.7. The van der Waals surface area contributed by atoms with Crippen LogP contribution in [0.5, 0.6) is 0 Å². The molecule has 1 aromatic heterocycles. The number of carbonyl (C=O) groups excluding carboxylic acids is 4. The highest BCUT2D eigenvalue weighted by Gasteiger charge is 2.44. The van der Waals surface area contributed by atoms with Crippen LogP contribution < -0.4 is 5.32 Å². The minimum Gasteiger partial charge on any atom is -0.478 e. The van der Waals surface area contributed by atoms with Crippen LogP contribution in [0.3, 0.4) is 0 Å². The SMILES string of the molecule is O=CC(=O)Nc1sc2c(c1C(=O)O)CC(N1C(=O)c3cccc(Cl)c3C1=O)OC2. The number of anilines is 1. The van der Waals surface area contributed by atoms with Gasteiger partial charge < -0.3 is 15.2 Å². The average molecular weight is 435 g/mol. The number of fused-ring (bicyclic) bond motifs is 2. The van der Waals surface area contributed by atoms with Gasteiger partial charge in [0.05, 0.1) is 28.3 Å². The molecule has 1 atom stereocenters. The number of nitrogens with one attached hydrogen (secondary N) is 1. The van der Waals surface area contributed by atoms with Crippen molar-refractivity contribution in [1.29, 1.82) is 0 Å². The third kappa shape index (κ3) is 3.01. The van der Waals surface area contributed by atoms with Gasteiger partial charge in [-0.15, -0.1) is 11.3 Å². The van der Waals surface area contributed by atoms with Gasteiger partial charge in [-0.2, -0.15) is 0 Å². The molecule has 3 heterocycles. The number of ether oxygens (including phenoxy) is 1. The maximum atomic E-state index is 12.8. The number of halogens is 1. The smallest absolute Gasteiger partial charge is 0.339 e. The molecule has 29 heavy (non-hydrogen) atoms. The highest BCUT2D eigenvalue weighted by atomic mass is 35.5. The van der Waals surface area contributed by atoms with E-state index in [0.717, 1.165) is 16.2 Å². The van der Waals surface area contributed by atoms with E-state index < -0.39 is 29.9 Å². The van der Waals surface area contributed by atoms with Gasteiger partial charge in [0.15, 0.2) is 0 Å². The molecule has 4 rings (SSSR count). The lowest BCUT2D eigenvalue weighted by Crippen LogP contribution is -2.44. The van der Waals surface area contributed by atoms with Crippen molar-refractivity contribution in [2.45, 2.75) is 19.3 Å². The number of thiophene rings is 1. The Morgan fingerprint density at radius 1 is 1.31 bits per heavy atom. The number of carbonyl (C=O) groups is 5. The molecule has 0 aliphatic carbocycles. The molecule has 0 spiro atoms. The summed E-state index contributed by atoms with van der Waals surface area (Å²) in [6.07, 6.45) is -1.08. The van der Waals surface area contributed by atoms with Gasteiger partial charge in [-0.1, -0.05) is 17.7 Å². The van der Waals surface area contributed by atoms with Gasteiger partial charge in [0.2, 0.25) is 6.29 Å². The highest BCUT2D eigenvalue weighted by molar-refractivity contribution is 7.17. The van der Waals surface area contributed by atoms with Crippen molar-refractivity contribution < 1.29 is 33.8 Å². The van der Waals surface area contributed by atoms with Crippen LogP contribution in [-0.2, 0) is 27.4 Å². The molecule has 2 aliphatic rings. The van der Waals surface area contributed by atoms with Crippen molar-refractivity contribution in [3.8, 4) is 0 Å². The number of amides is 3. The van der Waals surface area contributed by atoms with E-state index in [1.807, 2.05) is 0 Å². The Kier molecular flexibility index (Phi) is 4.69. The second-order valence-corrected chi connectivity index (χ2v) is 7.75. The number of hydrogen-bond donors (Lipinski definition) is 2. The minimum absolute atomic E-state index is 0.00532. The van der Waals surface area contributed by atoms with Crippen LogP contribution in [0.2, 0.25) is 5.02 Å². The predicted octanol–water partition coefficient (Wildman–Crippen LogP) is 1.93. The summed E-state index contributed by atoms with van der Waals surface area (Å²) in [7, 11) is 0. The first-order valence-electron chi connectivity index (χ1n) is 8.25. The van der Waals surface area contributed by atoms with E-state index in [1.165, 1.54) is 12.1 Å². The van der Waals surface area contributed by atoms with Crippen LogP contribution in [0.1, 0.15) is 41.5 Å². The van der Waals surface area contributed by atoms with E-state index in [0.29, 0.717) is 10.4 Å². The van der Waals surface area contributed by atoms with Gasteiger partial charge in [-0.25, -0.2) is 9.69 Å². The fraction of sp³-hybridized carbons (Fsp3) is 0.167. The molecule has 0 fully saturated rings. The number of imide groups is 1. The molecule has 1 unspecified atom stereocenters. The fourth-order valence-corrected chi connectivity index (χ4v) is 4.80. The number of nitrogens with zero attached hydrogens (tertiary/aromatic N) is 1. The summed E-state index contributed by atoms with van der Waals surface area (Å²) >= 11 is 7.03. The molecule has 0 saturated heterocycles. The third-order valence-corrected chi connectivity index (χ3v) is 6.05. The Labute approximate surface area is 171 Å². The molecule has 0 bridgehead atoms. The zero-order valence-electron chi connectivity index (χ0n) is 14.4. The number of aldehydes is 1. The molecule has 9 nitrogen and oxygen atoms in total. The molecule has 2 aliphatic heterocycles. The maximum absolute atomic E-state index is 12.8. The predicted molar refractivity (Wildman–Crippen MR) is 100 cm³/mol. The maximum Gasteiger partial charge on any atom is 0.339 e. The van der Waals surface area contributed by atoms with Crippen LogP contribution in [0, 0.1) is 0 Å². The second kappa shape index (κ2) is 7.07. The molecule has 2 N–H and O–H groups in total. The van der Waals surface area contributed by atoms with Gasteiger partial charge >= 0.3 is 5.97 Å². The van der Waals surface area contributed by atoms with Gasteiger partial charge in [0.25, 0.3) is 17.7 Å². The molecule has 2 aromatic rings. The van der Waals surface area contributed by atoms with E-state index in [1.54, 1.807) is 6.07 Å². The summed E-state index contributed by atoms with van der Waals surface area (Å²) in [6.45, 7) is -0.0664. The van der Waals surface area contributed by atoms with Gasteiger partial charge in [0.1, 0.15) is 11.2 Å². The van der Waals surface area contributed by atoms with E-state index in [4.69, 9.17) is 16.3 Å². The Bertz CT molecular complexity index is 1110. The van der Waals surface area contributed by atoms with E-state index >= 15 is 0 Å². The van der Waals surface area contributed by atoms with Crippen molar-refractivity contribution in [2.24, 2.45) is 0 Å². The van der Waals surface area contributed by atoms with Crippen LogP contribution in [0.25, 0.3) is 0 Å². The van der Waals surface area contributed by atoms with E-state index in [2.05, 4.69) is 5.32 Å². The number of aromatic carboxylic acids is 1.